The van der Waals surface area contributed by atoms with Gasteiger partial charge in [-0.25, -0.2) is 0 Å². The van der Waals surface area contributed by atoms with Gasteiger partial charge >= 0.3 is 5.97 Å². The van der Waals surface area contributed by atoms with Crippen LogP contribution in [-0.4, -0.2) is 19.2 Å². The minimum atomic E-state index is -0.854. The maximum atomic E-state index is 5.85. The van der Waals surface area contributed by atoms with E-state index in [0.717, 1.165) is 28.7 Å². The maximum absolute atomic E-state index is 5.85. The van der Waals surface area contributed by atoms with E-state index in [1.54, 1.807) is 6.26 Å². The van der Waals surface area contributed by atoms with E-state index in [1.807, 2.05) is 18.2 Å². The predicted octanol–water partition coefficient (Wildman–Crippen LogP) is 2.46. The lowest BCUT2D eigenvalue weighted by Gasteiger charge is -2.32. The second-order valence-electron chi connectivity index (χ2n) is 4.36. The summed E-state index contributed by atoms with van der Waals surface area (Å²) in [5, 5.41) is 1.11. The minimum absolute atomic E-state index is 0.596. The molecule has 88 valence electrons. The highest BCUT2D eigenvalue weighted by Gasteiger charge is 2.43. The average Bonchev–Trinajstić information content (AvgIpc) is 2.98. The highest BCUT2D eigenvalue weighted by molar-refractivity contribution is 5.82. The summed E-state index contributed by atoms with van der Waals surface area (Å²) in [7, 11) is 0. The SMILES string of the molecule is c1cc2ccc3c(c2o1)CCC1(OCCO1)O3. The van der Waals surface area contributed by atoms with Gasteiger partial charge in [0, 0.05) is 17.4 Å². The molecule has 17 heavy (non-hydrogen) atoms. The highest BCUT2D eigenvalue weighted by atomic mass is 16.9. The molecule has 3 heterocycles. The van der Waals surface area contributed by atoms with Gasteiger partial charge in [0.15, 0.2) is 0 Å². The molecule has 0 atom stereocenters. The van der Waals surface area contributed by atoms with Crippen LogP contribution in [0.2, 0.25) is 0 Å². The molecule has 0 radical (unpaired) electrons. The zero-order valence-electron chi connectivity index (χ0n) is 9.27. The molecule has 1 spiro atoms. The number of fused-ring (bicyclic) bond motifs is 3. The molecule has 1 aromatic carbocycles. The summed E-state index contributed by atoms with van der Waals surface area (Å²) < 4.78 is 22.5. The summed E-state index contributed by atoms with van der Waals surface area (Å²) in [6.45, 7) is 1.19. The van der Waals surface area contributed by atoms with Gasteiger partial charge < -0.3 is 18.6 Å². The average molecular weight is 232 g/mol. The smallest absolute Gasteiger partial charge is 0.327 e. The minimum Gasteiger partial charge on any atom is -0.464 e. The Morgan fingerprint density at radius 2 is 1.94 bits per heavy atom. The molecule has 2 aliphatic heterocycles. The second kappa shape index (κ2) is 3.24. The van der Waals surface area contributed by atoms with Crippen LogP contribution >= 0.6 is 0 Å². The second-order valence-corrected chi connectivity index (χ2v) is 4.36. The van der Waals surface area contributed by atoms with Crippen LogP contribution in [0.15, 0.2) is 28.9 Å². The first kappa shape index (κ1) is 9.50. The van der Waals surface area contributed by atoms with Crippen molar-refractivity contribution in [3.63, 3.8) is 0 Å². The summed E-state index contributed by atoms with van der Waals surface area (Å²) in [4.78, 5) is 0. The Labute approximate surface area is 98.1 Å². The summed E-state index contributed by atoms with van der Waals surface area (Å²) in [6.07, 6.45) is 3.26. The molecular weight excluding hydrogens is 220 g/mol. The van der Waals surface area contributed by atoms with Crippen LogP contribution in [-0.2, 0) is 15.9 Å². The Bertz CT molecular complexity index is 566. The molecule has 1 saturated heterocycles. The Morgan fingerprint density at radius 1 is 1.06 bits per heavy atom. The number of furan rings is 1. The fourth-order valence-electron chi connectivity index (χ4n) is 2.54. The summed E-state index contributed by atoms with van der Waals surface area (Å²) >= 11 is 0. The molecule has 0 unspecified atom stereocenters. The fraction of sp³-hybridized carbons (Fsp3) is 0.385. The van der Waals surface area contributed by atoms with Gasteiger partial charge in [0.05, 0.1) is 19.5 Å². The molecule has 2 aliphatic rings. The Balaban J connectivity index is 1.82. The Kier molecular flexibility index (Phi) is 1.81. The van der Waals surface area contributed by atoms with Crippen molar-refractivity contribution in [2.75, 3.05) is 13.2 Å². The van der Waals surface area contributed by atoms with Crippen LogP contribution in [0.4, 0.5) is 0 Å². The molecular formula is C13H12O4. The number of hydrogen-bond donors (Lipinski definition) is 0. The van der Waals surface area contributed by atoms with E-state index >= 15 is 0 Å². The van der Waals surface area contributed by atoms with Crippen molar-refractivity contribution in [2.45, 2.75) is 18.8 Å². The number of benzene rings is 1. The van der Waals surface area contributed by atoms with Crippen LogP contribution in [0.1, 0.15) is 12.0 Å². The lowest BCUT2D eigenvalue weighted by molar-refractivity contribution is -0.293. The molecule has 1 fully saturated rings. The summed E-state index contributed by atoms with van der Waals surface area (Å²) in [5.74, 6) is -0.0478. The normalized spacial score (nSPS) is 21.6. The zero-order chi connectivity index (χ0) is 11.3. The van der Waals surface area contributed by atoms with Crippen molar-refractivity contribution < 1.29 is 18.6 Å². The first-order valence-electron chi connectivity index (χ1n) is 5.82. The first-order valence-corrected chi connectivity index (χ1v) is 5.82. The molecule has 1 aromatic heterocycles. The van der Waals surface area contributed by atoms with E-state index in [1.165, 1.54) is 0 Å². The molecule has 0 aliphatic carbocycles. The number of aryl methyl sites for hydroxylation is 1. The van der Waals surface area contributed by atoms with Crippen LogP contribution in [0, 0.1) is 0 Å². The lowest BCUT2D eigenvalue weighted by Crippen LogP contribution is -2.40. The van der Waals surface area contributed by atoms with Gasteiger partial charge in [-0.3, -0.25) is 0 Å². The predicted molar refractivity (Wildman–Crippen MR) is 59.8 cm³/mol. The Morgan fingerprint density at radius 3 is 2.82 bits per heavy atom. The van der Waals surface area contributed by atoms with Gasteiger partial charge in [-0.05, 0) is 24.6 Å². The van der Waals surface area contributed by atoms with Crippen molar-refractivity contribution in [1.82, 2.24) is 0 Å². The summed E-state index contributed by atoms with van der Waals surface area (Å²) in [6, 6.07) is 5.91. The molecule has 4 nitrogen and oxygen atoms in total. The van der Waals surface area contributed by atoms with Gasteiger partial charge in [0.2, 0.25) is 0 Å². The van der Waals surface area contributed by atoms with Gasteiger partial charge in [-0.2, -0.15) is 0 Å². The summed E-state index contributed by atoms with van der Waals surface area (Å²) in [5.41, 5.74) is 2.02. The third kappa shape index (κ3) is 1.31. The van der Waals surface area contributed by atoms with Crippen LogP contribution in [0.25, 0.3) is 11.0 Å². The van der Waals surface area contributed by atoms with Crippen molar-refractivity contribution in [3.8, 4) is 5.75 Å². The Hall–Kier alpha value is -1.52. The van der Waals surface area contributed by atoms with Crippen molar-refractivity contribution in [2.24, 2.45) is 0 Å². The van der Waals surface area contributed by atoms with E-state index < -0.39 is 5.97 Å². The van der Waals surface area contributed by atoms with Gasteiger partial charge in [0.1, 0.15) is 11.3 Å². The van der Waals surface area contributed by atoms with Crippen molar-refractivity contribution in [3.05, 3.63) is 30.0 Å². The van der Waals surface area contributed by atoms with Crippen LogP contribution in [0.3, 0.4) is 0 Å². The molecule has 0 N–H and O–H groups in total. The largest absolute Gasteiger partial charge is 0.464 e. The zero-order valence-corrected chi connectivity index (χ0v) is 9.27. The van der Waals surface area contributed by atoms with Crippen molar-refractivity contribution >= 4 is 11.0 Å². The van der Waals surface area contributed by atoms with E-state index in [-0.39, 0.29) is 0 Å². The number of ether oxygens (including phenoxy) is 3. The topological polar surface area (TPSA) is 40.8 Å². The van der Waals surface area contributed by atoms with E-state index in [2.05, 4.69) is 0 Å². The lowest BCUT2D eigenvalue weighted by atomic mass is 10.0. The molecule has 4 rings (SSSR count). The molecule has 0 saturated carbocycles. The van der Waals surface area contributed by atoms with Crippen LogP contribution in [0.5, 0.6) is 5.75 Å². The number of hydrogen-bond acceptors (Lipinski definition) is 4. The van der Waals surface area contributed by atoms with Gasteiger partial charge in [-0.15, -0.1) is 0 Å². The number of rotatable bonds is 0. The van der Waals surface area contributed by atoms with Gasteiger partial charge in [0.25, 0.3) is 0 Å². The van der Waals surface area contributed by atoms with Crippen LogP contribution < -0.4 is 4.74 Å². The van der Waals surface area contributed by atoms with Crippen molar-refractivity contribution in [1.29, 1.82) is 0 Å². The van der Waals surface area contributed by atoms with E-state index in [0.29, 0.717) is 19.6 Å². The molecule has 4 heteroatoms. The quantitative estimate of drug-likeness (QED) is 0.699. The third-order valence-electron chi connectivity index (χ3n) is 3.36. The highest BCUT2D eigenvalue weighted by Crippen LogP contribution is 2.40. The van der Waals surface area contributed by atoms with Gasteiger partial charge in [-0.1, -0.05) is 0 Å². The van der Waals surface area contributed by atoms with E-state index in [9.17, 15) is 0 Å². The molecule has 0 bridgehead atoms. The fourth-order valence-corrected chi connectivity index (χ4v) is 2.54. The third-order valence-corrected chi connectivity index (χ3v) is 3.36. The maximum Gasteiger partial charge on any atom is 0.327 e. The van der Waals surface area contributed by atoms with E-state index in [4.69, 9.17) is 18.6 Å². The first-order chi connectivity index (χ1) is 8.36. The standard InChI is InChI=1S/C13H12O4/c1-2-11-10(12-9(1)4-6-14-12)3-5-13(17-11)15-7-8-16-13/h1-2,4,6H,3,5,7-8H2. The molecule has 2 aromatic rings. The molecule has 0 amide bonds. The monoisotopic (exact) mass is 232 g/mol.